The Labute approximate surface area is 105 Å². The maximum absolute atomic E-state index is 11.6. The summed E-state index contributed by atoms with van der Waals surface area (Å²) in [6.07, 6.45) is 6.81. The Morgan fingerprint density at radius 2 is 2.33 bits per heavy atom. The van der Waals surface area contributed by atoms with Crippen LogP contribution in [0.15, 0.2) is 18.6 Å². The van der Waals surface area contributed by atoms with Gasteiger partial charge in [0.1, 0.15) is 5.69 Å². The van der Waals surface area contributed by atoms with Crippen molar-refractivity contribution in [3.8, 4) is 0 Å². The molecule has 96 valence electrons. The van der Waals surface area contributed by atoms with E-state index in [-0.39, 0.29) is 11.8 Å². The van der Waals surface area contributed by atoms with Gasteiger partial charge in [0.25, 0.3) is 5.91 Å². The topological polar surface area (TPSA) is 75.2 Å². The van der Waals surface area contributed by atoms with Crippen LogP contribution in [0.5, 0.6) is 0 Å². The molecule has 6 nitrogen and oxygen atoms in total. The molecule has 1 saturated heterocycles. The number of nitrogens with one attached hydrogen (secondary N) is 1. The van der Waals surface area contributed by atoms with Crippen molar-refractivity contribution in [1.82, 2.24) is 20.2 Å². The zero-order valence-electron chi connectivity index (χ0n) is 10.1. The Morgan fingerprint density at radius 3 is 3.00 bits per heavy atom. The monoisotopic (exact) mass is 248 g/mol. The summed E-state index contributed by atoms with van der Waals surface area (Å²) >= 11 is 0. The van der Waals surface area contributed by atoms with Crippen LogP contribution in [0, 0.1) is 0 Å². The molecular weight excluding hydrogens is 232 g/mol. The second kappa shape index (κ2) is 6.09. The third-order valence-electron chi connectivity index (χ3n) is 2.86. The number of hydrogen-bond donors (Lipinski definition) is 1. The number of aromatic nitrogens is 2. The fourth-order valence-corrected chi connectivity index (χ4v) is 1.92. The third-order valence-corrected chi connectivity index (χ3v) is 2.86. The van der Waals surface area contributed by atoms with Crippen molar-refractivity contribution in [3.63, 3.8) is 0 Å². The number of rotatable bonds is 5. The summed E-state index contributed by atoms with van der Waals surface area (Å²) in [5.74, 6) is -0.00824. The van der Waals surface area contributed by atoms with Crippen molar-refractivity contribution in [2.24, 2.45) is 0 Å². The smallest absolute Gasteiger partial charge is 0.271 e. The summed E-state index contributed by atoms with van der Waals surface area (Å²) in [7, 11) is 0. The van der Waals surface area contributed by atoms with Gasteiger partial charge in [-0.3, -0.25) is 14.6 Å². The number of carbonyl (C=O) groups is 2. The molecule has 1 aliphatic heterocycles. The zero-order valence-corrected chi connectivity index (χ0v) is 10.1. The van der Waals surface area contributed by atoms with Gasteiger partial charge in [-0.05, 0) is 12.8 Å². The highest BCUT2D eigenvalue weighted by Gasteiger charge is 2.19. The first-order chi connectivity index (χ1) is 8.77. The summed E-state index contributed by atoms with van der Waals surface area (Å²) in [5, 5.41) is 2.76. The summed E-state index contributed by atoms with van der Waals surface area (Å²) in [4.78, 5) is 32.5. The van der Waals surface area contributed by atoms with E-state index in [9.17, 15) is 9.59 Å². The molecule has 18 heavy (non-hydrogen) atoms. The van der Waals surface area contributed by atoms with E-state index in [2.05, 4.69) is 15.3 Å². The van der Waals surface area contributed by atoms with Crippen LogP contribution in [0.2, 0.25) is 0 Å². The molecular formula is C12H16N4O2. The summed E-state index contributed by atoms with van der Waals surface area (Å²) in [6.45, 7) is 2.09. The number of nitrogens with zero attached hydrogens (tertiary/aromatic N) is 3. The van der Waals surface area contributed by atoms with E-state index in [1.54, 1.807) is 0 Å². The minimum Gasteiger partial charge on any atom is -0.351 e. The molecule has 2 rings (SSSR count). The second-order valence-corrected chi connectivity index (χ2v) is 4.18. The molecule has 0 bridgehead atoms. The van der Waals surface area contributed by atoms with Gasteiger partial charge in [-0.25, -0.2) is 4.98 Å². The lowest BCUT2D eigenvalue weighted by Crippen LogP contribution is -2.31. The minimum atomic E-state index is -0.226. The molecule has 2 amide bonds. The maximum atomic E-state index is 11.6. The molecule has 1 aromatic heterocycles. The van der Waals surface area contributed by atoms with E-state index in [4.69, 9.17) is 0 Å². The molecule has 0 radical (unpaired) electrons. The lowest BCUT2D eigenvalue weighted by molar-refractivity contribution is -0.127. The van der Waals surface area contributed by atoms with E-state index in [1.807, 2.05) is 4.90 Å². The SMILES string of the molecule is O=C(NCCCN1CCCC1=O)c1cnccn1. The van der Waals surface area contributed by atoms with Gasteiger partial charge in [0, 0.05) is 38.4 Å². The molecule has 1 aromatic rings. The molecule has 1 N–H and O–H groups in total. The number of amides is 2. The van der Waals surface area contributed by atoms with Gasteiger partial charge in [0.2, 0.25) is 5.91 Å². The van der Waals surface area contributed by atoms with Crippen molar-refractivity contribution >= 4 is 11.8 Å². The number of carbonyl (C=O) groups excluding carboxylic acids is 2. The standard InChI is InChI=1S/C12H16N4O2/c17-11-3-1-7-16(11)8-2-4-15-12(18)10-9-13-5-6-14-10/h5-6,9H,1-4,7-8H2,(H,15,18). The van der Waals surface area contributed by atoms with Crippen LogP contribution in [-0.2, 0) is 4.79 Å². The Morgan fingerprint density at radius 1 is 1.44 bits per heavy atom. The minimum absolute atomic E-state index is 0.218. The average Bonchev–Trinajstić information content (AvgIpc) is 2.81. The van der Waals surface area contributed by atoms with Crippen LogP contribution in [-0.4, -0.2) is 46.3 Å². The number of likely N-dealkylation sites (tertiary alicyclic amines) is 1. The van der Waals surface area contributed by atoms with Crippen molar-refractivity contribution in [1.29, 1.82) is 0 Å². The Kier molecular flexibility index (Phi) is 4.22. The van der Waals surface area contributed by atoms with Gasteiger partial charge >= 0.3 is 0 Å². The Bertz CT molecular complexity index is 421. The van der Waals surface area contributed by atoms with Crippen LogP contribution < -0.4 is 5.32 Å². The largest absolute Gasteiger partial charge is 0.351 e. The first-order valence-electron chi connectivity index (χ1n) is 6.09. The first kappa shape index (κ1) is 12.5. The van der Waals surface area contributed by atoms with Gasteiger partial charge in [0.05, 0.1) is 6.20 Å². The van der Waals surface area contributed by atoms with E-state index >= 15 is 0 Å². The van der Waals surface area contributed by atoms with Gasteiger partial charge < -0.3 is 10.2 Å². The molecule has 0 unspecified atom stereocenters. The molecule has 0 saturated carbocycles. The van der Waals surface area contributed by atoms with Crippen LogP contribution >= 0.6 is 0 Å². The predicted octanol–water partition coefficient (Wildman–Crippen LogP) is 0.219. The fraction of sp³-hybridized carbons (Fsp3) is 0.500. The molecule has 0 atom stereocenters. The molecule has 0 spiro atoms. The van der Waals surface area contributed by atoms with Gasteiger partial charge in [-0.2, -0.15) is 0 Å². The fourth-order valence-electron chi connectivity index (χ4n) is 1.92. The lowest BCUT2D eigenvalue weighted by atomic mass is 10.3. The molecule has 0 aliphatic carbocycles. The Balaban J connectivity index is 1.66. The van der Waals surface area contributed by atoms with E-state index in [0.717, 1.165) is 19.4 Å². The van der Waals surface area contributed by atoms with Crippen molar-refractivity contribution in [3.05, 3.63) is 24.3 Å². The highest BCUT2D eigenvalue weighted by atomic mass is 16.2. The maximum Gasteiger partial charge on any atom is 0.271 e. The highest BCUT2D eigenvalue weighted by Crippen LogP contribution is 2.09. The Hall–Kier alpha value is -1.98. The van der Waals surface area contributed by atoms with Gasteiger partial charge in [-0.15, -0.1) is 0 Å². The zero-order chi connectivity index (χ0) is 12.8. The van der Waals surface area contributed by atoms with Crippen LogP contribution in [0.1, 0.15) is 29.8 Å². The normalized spacial score (nSPS) is 14.9. The molecule has 1 aliphatic rings. The molecule has 1 fully saturated rings. The average molecular weight is 248 g/mol. The second-order valence-electron chi connectivity index (χ2n) is 4.18. The van der Waals surface area contributed by atoms with E-state index in [1.165, 1.54) is 18.6 Å². The van der Waals surface area contributed by atoms with Gasteiger partial charge in [-0.1, -0.05) is 0 Å². The molecule has 0 aromatic carbocycles. The number of hydrogen-bond acceptors (Lipinski definition) is 4. The van der Waals surface area contributed by atoms with E-state index < -0.39 is 0 Å². The summed E-state index contributed by atoms with van der Waals surface area (Å²) in [5.41, 5.74) is 0.315. The first-order valence-corrected chi connectivity index (χ1v) is 6.09. The van der Waals surface area contributed by atoms with Crippen molar-refractivity contribution in [2.45, 2.75) is 19.3 Å². The third kappa shape index (κ3) is 3.26. The van der Waals surface area contributed by atoms with Crippen LogP contribution in [0.25, 0.3) is 0 Å². The van der Waals surface area contributed by atoms with E-state index in [0.29, 0.717) is 25.2 Å². The molecule has 6 heteroatoms. The summed E-state index contributed by atoms with van der Waals surface area (Å²) < 4.78 is 0. The van der Waals surface area contributed by atoms with Crippen LogP contribution in [0.3, 0.4) is 0 Å². The van der Waals surface area contributed by atoms with Gasteiger partial charge in [0.15, 0.2) is 0 Å². The lowest BCUT2D eigenvalue weighted by Gasteiger charge is -2.15. The quantitative estimate of drug-likeness (QED) is 0.756. The van der Waals surface area contributed by atoms with Crippen LogP contribution in [0.4, 0.5) is 0 Å². The van der Waals surface area contributed by atoms with Crippen molar-refractivity contribution < 1.29 is 9.59 Å². The molecule has 2 heterocycles. The predicted molar refractivity (Wildman–Crippen MR) is 64.8 cm³/mol. The highest BCUT2D eigenvalue weighted by molar-refractivity contribution is 5.91. The van der Waals surface area contributed by atoms with Crippen molar-refractivity contribution in [2.75, 3.05) is 19.6 Å². The summed E-state index contributed by atoms with van der Waals surface area (Å²) in [6, 6.07) is 0.